The molecule has 6 heteroatoms. The molecule has 0 spiro atoms. The van der Waals surface area contributed by atoms with Crippen molar-refractivity contribution in [3.05, 3.63) is 24.3 Å². The molecule has 0 aromatic carbocycles. The molecule has 0 aromatic rings. The van der Waals surface area contributed by atoms with Crippen LogP contribution >= 0.6 is 0 Å². The maximum absolute atomic E-state index is 12.5. The van der Waals surface area contributed by atoms with Crippen LogP contribution < -0.4 is 5.32 Å². The number of aliphatic hydroxyl groups excluding tert-OH is 4. The van der Waals surface area contributed by atoms with Gasteiger partial charge < -0.3 is 25.7 Å². The van der Waals surface area contributed by atoms with Gasteiger partial charge in [-0.05, 0) is 44.9 Å². The zero-order valence-electron chi connectivity index (χ0n) is 33.9. The molecule has 0 fully saturated rings. The Morgan fingerprint density at radius 1 is 0.471 bits per heavy atom. The lowest BCUT2D eigenvalue weighted by Crippen LogP contribution is -2.53. The third-order valence-corrected chi connectivity index (χ3v) is 10.4. The number of allylic oxidation sites excluding steroid dienone is 4. The first-order chi connectivity index (χ1) is 25.0. The van der Waals surface area contributed by atoms with Gasteiger partial charge in [-0.2, -0.15) is 0 Å². The molecule has 0 rings (SSSR count). The fourth-order valence-corrected chi connectivity index (χ4v) is 6.82. The van der Waals surface area contributed by atoms with E-state index in [4.69, 9.17) is 0 Å². The van der Waals surface area contributed by atoms with Gasteiger partial charge in [0.05, 0.1) is 18.8 Å². The van der Waals surface area contributed by atoms with Gasteiger partial charge in [0.2, 0.25) is 5.91 Å². The van der Waals surface area contributed by atoms with Gasteiger partial charge in [0.1, 0.15) is 12.2 Å². The van der Waals surface area contributed by atoms with Crippen molar-refractivity contribution in [1.82, 2.24) is 5.32 Å². The fraction of sp³-hybridized carbons (Fsp3) is 0.889. The van der Waals surface area contributed by atoms with Crippen LogP contribution in [-0.4, -0.2) is 57.3 Å². The molecule has 0 heterocycles. The summed E-state index contributed by atoms with van der Waals surface area (Å²) in [5.41, 5.74) is 0. The van der Waals surface area contributed by atoms with Gasteiger partial charge >= 0.3 is 0 Å². The van der Waals surface area contributed by atoms with E-state index in [1.54, 1.807) is 0 Å². The molecule has 4 unspecified atom stereocenters. The van der Waals surface area contributed by atoms with Crippen molar-refractivity contribution in [2.24, 2.45) is 0 Å². The smallest absolute Gasteiger partial charge is 0.249 e. The second-order valence-corrected chi connectivity index (χ2v) is 15.4. The minimum atomic E-state index is -1.28. The zero-order valence-corrected chi connectivity index (χ0v) is 33.9. The van der Waals surface area contributed by atoms with Crippen molar-refractivity contribution >= 4 is 5.91 Å². The average Bonchev–Trinajstić information content (AvgIpc) is 3.13. The van der Waals surface area contributed by atoms with Gasteiger partial charge in [-0.1, -0.05) is 205 Å². The molecule has 0 radical (unpaired) electrons. The zero-order chi connectivity index (χ0) is 37.5. The normalized spacial score (nSPS) is 14.4. The van der Waals surface area contributed by atoms with Crippen LogP contribution in [0.25, 0.3) is 0 Å². The number of rotatable bonds is 40. The topological polar surface area (TPSA) is 110 Å². The summed E-state index contributed by atoms with van der Waals surface area (Å²) in [6, 6.07) is -1.00. The van der Waals surface area contributed by atoms with Crippen molar-refractivity contribution in [1.29, 1.82) is 0 Å². The summed E-state index contributed by atoms with van der Waals surface area (Å²) >= 11 is 0. The first-order valence-corrected chi connectivity index (χ1v) is 22.2. The standard InChI is InChI=1S/C45H87NO5/c1-3-5-7-9-11-13-15-16-17-18-19-20-21-22-23-24-25-26-27-29-31-33-35-37-39-43(49)45(51)46-41(40-47)44(50)42(48)38-36-34-32-30-28-14-12-10-8-6-4-2/h10,12,30,32,41-44,47-50H,3-9,11,13-29,31,33-40H2,1-2H3,(H,46,51)/b12-10+,32-30+. The Morgan fingerprint density at radius 3 is 1.22 bits per heavy atom. The number of aliphatic hydroxyl groups is 4. The Balaban J connectivity index is 3.66. The molecular weight excluding hydrogens is 634 g/mol. The summed E-state index contributed by atoms with van der Waals surface area (Å²) in [6.07, 6.45) is 45.1. The summed E-state index contributed by atoms with van der Waals surface area (Å²) in [5.74, 6) is -0.596. The third-order valence-electron chi connectivity index (χ3n) is 10.4. The molecule has 0 aliphatic rings. The van der Waals surface area contributed by atoms with Crippen molar-refractivity contribution in [3.8, 4) is 0 Å². The Morgan fingerprint density at radius 2 is 0.824 bits per heavy atom. The summed E-state index contributed by atoms with van der Waals surface area (Å²) < 4.78 is 0. The molecule has 4 atom stereocenters. The molecule has 51 heavy (non-hydrogen) atoms. The molecule has 0 aliphatic heterocycles. The van der Waals surface area contributed by atoms with Gasteiger partial charge in [-0.15, -0.1) is 0 Å². The Kier molecular flexibility index (Phi) is 39.0. The second-order valence-electron chi connectivity index (χ2n) is 15.4. The number of carbonyl (C=O) groups excluding carboxylic acids is 1. The molecule has 1 amide bonds. The van der Waals surface area contributed by atoms with E-state index in [9.17, 15) is 25.2 Å². The Bertz CT molecular complexity index is 772. The average molecular weight is 722 g/mol. The van der Waals surface area contributed by atoms with Gasteiger partial charge in [0, 0.05) is 0 Å². The molecule has 302 valence electrons. The third kappa shape index (κ3) is 34.3. The van der Waals surface area contributed by atoms with Crippen LogP contribution in [0.1, 0.15) is 226 Å². The lowest BCUT2D eigenvalue weighted by Gasteiger charge is -2.27. The SMILES string of the molecule is CCCC/C=C/CC/C=C/CCCC(O)C(O)C(CO)NC(=O)C(O)CCCCCCCCCCCCCCCCCCCCCCCCCC. The maximum Gasteiger partial charge on any atom is 0.249 e. The maximum atomic E-state index is 12.5. The van der Waals surface area contributed by atoms with E-state index in [1.165, 1.54) is 148 Å². The number of nitrogens with one attached hydrogen (secondary N) is 1. The van der Waals surface area contributed by atoms with Crippen LogP contribution in [0.5, 0.6) is 0 Å². The largest absolute Gasteiger partial charge is 0.394 e. The van der Waals surface area contributed by atoms with Crippen LogP contribution in [0.15, 0.2) is 24.3 Å². The quantitative estimate of drug-likeness (QED) is 0.0320. The molecule has 0 saturated carbocycles. The van der Waals surface area contributed by atoms with Crippen LogP contribution in [0.4, 0.5) is 0 Å². The minimum absolute atomic E-state index is 0.364. The summed E-state index contributed by atoms with van der Waals surface area (Å²) in [6.45, 7) is 3.99. The predicted molar refractivity (Wildman–Crippen MR) is 219 cm³/mol. The van der Waals surface area contributed by atoms with Crippen molar-refractivity contribution in [3.63, 3.8) is 0 Å². The molecule has 5 N–H and O–H groups in total. The van der Waals surface area contributed by atoms with E-state index in [0.29, 0.717) is 19.3 Å². The first kappa shape index (κ1) is 49.8. The summed E-state index contributed by atoms with van der Waals surface area (Å²) in [4.78, 5) is 12.5. The van der Waals surface area contributed by atoms with E-state index < -0.39 is 36.9 Å². The second kappa shape index (κ2) is 40.0. The number of unbranched alkanes of at least 4 members (excludes halogenated alkanes) is 27. The first-order valence-electron chi connectivity index (χ1n) is 22.2. The van der Waals surface area contributed by atoms with E-state index in [0.717, 1.165) is 44.9 Å². The highest BCUT2D eigenvalue weighted by molar-refractivity contribution is 5.80. The van der Waals surface area contributed by atoms with Gasteiger partial charge in [-0.3, -0.25) is 4.79 Å². The summed E-state index contributed by atoms with van der Waals surface area (Å²) in [5, 5.41) is 43.5. The molecular formula is C45H87NO5. The lowest BCUT2D eigenvalue weighted by molar-refractivity contribution is -0.132. The number of carbonyl (C=O) groups is 1. The van der Waals surface area contributed by atoms with E-state index in [-0.39, 0.29) is 0 Å². The molecule has 0 aliphatic carbocycles. The predicted octanol–water partition coefficient (Wildman–Crippen LogP) is 11.6. The highest BCUT2D eigenvalue weighted by atomic mass is 16.3. The van der Waals surface area contributed by atoms with Crippen LogP contribution in [0, 0.1) is 0 Å². The number of hydrogen-bond donors (Lipinski definition) is 5. The molecule has 0 saturated heterocycles. The van der Waals surface area contributed by atoms with Crippen molar-refractivity contribution < 1.29 is 25.2 Å². The number of amides is 1. The highest BCUT2D eigenvalue weighted by Gasteiger charge is 2.28. The number of hydrogen-bond acceptors (Lipinski definition) is 5. The van der Waals surface area contributed by atoms with Crippen LogP contribution in [0.2, 0.25) is 0 Å². The van der Waals surface area contributed by atoms with Gasteiger partial charge in [0.25, 0.3) is 0 Å². The van der Waals surface area contributed by atoms with Crippen LogP contribution in [0.3, 0.4) is 0 Å². The molecule has 0 bridgehead atoms. The Hall–Kier alpha value is -1.21. The monoisotopic (exact) mass is 722 g/mol. The summed E-state index contributed by atoms with van der Waals surface area (Å²) in [7, 11) is 0. The van der Waals surface area contributed by atoms with Gasteiger partial charge in [-0.25, -0.2) is 0 Å². The van der Waals surface area contributed by atoms with E-state index >= 15 is 0 Å². The Labute approximate surface area is 316 Å². The van der Waals surface area contributed by atoms with E-state index in [1.807, 2.05) is 0 Å². The highest BCUT2D eigenvalue weighted by Crippen LogP contribution is 2.16. The van der Waals surface area contributed by atoms with Crippen LogP contribution in [-0.2, 0) is 4.79 Å². The van der Waals surface area contributed by atoms with E-state index in [2.05, 4.69) is 43.5 Å². The molecule has 0 aromatic heterocycles. The fourth-order valence-electron chi connectivity index (χ4n) is 6.82. The van der Waals surface area contributed by atoms with Gasteiger partial charge in [0.15, 0.2) is 0 Å². The molecule has 6 nitrogen and oxygen atoms in total. The minimum Gasteiger partial charge on any atom is -0.394 e. The van der Waals surface area contributed by atoms with Crippen molar-refractivity contribution in [2.45, 2.75) is 250 Å². The lowest BCUT2D eigenvalue weighted by atomic mass is 10.00. The van der Waals surface area contributed by atoms with Crippen molar-refractivity contribution in [2.75, 3.05) is 6.61 Å².